The highest BCUT2D eigenvalue weighted by Gasteiger charge is 2.12. The number of nitrogens with one attached hydrogen (secondary N) is 1. The van der Waals surface area contributed by atoms with E-state index in [9.17, 15) is 0 Å². The summed E-state index contributed by atoms with van der Waals surface area (Å²) in [6.07, 6.45) is 6.88. The average molecular weight is 217 g/mol. The minimum absolute atomic E-state index is 0.619. The average Bonchev–Trinajstić information content (AvgIpc) is 2.30. The molecule has 1 N–H and O–H groups in total. The number of benzene rings is 1. The van der Waals surface area contributed by atoms with Crippen LogP contribution >= 0.6 is 0 Å². The van der Waals surface area contributed by atoms with Crippen LogP contribution in [0.25, 0.3) is 0 Å². The van der Waals surface area contributed by atoms with Gasteiger partial charge in [0.05, 0.1) is 0 Å². The van der Waals surface area contributed by atoms with E-state index in [2.05, 4.69) is 43.4 Å². The molecule has 0 amide bonds. The van der Waals surface area contributed by atoms with Gasteiger partial charge in [-0.05, 0) is 36.5 Å². The molecule has 0 spiro atoms. The SMILES string of the molecule is CC(C)c1cccc(NC2CCCCC2)c1. The van der Waals surface area contributed by atoms with Gasteiger partial charge in [-0.25, -0.2) is 0 Å². The molecule has 0 heterocycles. The molecule has 16 heavy (non-hydrogen) atoms. The third-order valence-corrected chi connectivity index (χ3v) is 3.53. The van der Waals surface area contributed by atoms with Crippen molar-refractivity contribution in [3.63, 3.8) is 0 Å². The summed E-state index contributed by atoms with van der Waals surface area (Å²) >= 11 is 0. The molecule has 1 fully saturated rings. The lowest BCUT2D eigenvalue weighted by atomic mass is 9.95. The second-order valence-corrected chi connectivity index (χ2v) is 5.26. The predicted octanol–water partition coefficient (Wildman–Crippen LogP) is 4.55. The second-order valence-electron chi connectivity index (χ2n) is 5.26. The highest BCUT2D eigenvalue weighted by atomic mass is 14.9. The first-order chi connectivity index (χ1) is 7.75. The van der Waals surface area contributed by atoms with Crippen LogP contribution in [0.2, 0.25) is 0 Å². The normalized spacial score (nSPS) is 17.7. The van der Waals surface area contributed by atoms with Crippen molar-refractivity contribution in [3.8, 4) is 0 Å². The molecule has 2 rings (SSSR count). The highest BCUT2D eigenvalue weighted by molar-refractivity contribution is 5.47. The maximum atomic E-state index is 3.68. The molecule has 1 heteroatoms. The Balaban J connectivity index is 2.00. The Labute approximate surface area is 99.3 Å². The Hall–Kier alpha value is -0.980. The lowest BCUT2D eigenvalue weighted by molar-refractivity contribution is 0.462. The van der Waals surface area contributed by atoms with Crippen LogP contribution in [0.3, 0.4) is 0 Å². The number of hydrogen-bond acceptors (Lipinski definition) is 1. The van der Waals surface area contributed by atoms with E-state index in [-0.39, 0.29) is 0 Å². The van der Waals surface area contributed by atoms with Crippen LogP contribution in [0.4, 0.5) is 5.69 Å². The van der Waals surface area contributed by atoms with Gasteiger partial charge in [-0.1, -0.05) is 45.2 Å². The second kappa shape index (κ2) is 5.38. The lowest BCUT2D eigenvalue weighted by Gasteiger charge is -2.24. The summed E-state index contributed by atoms with van der Waals surface area (Å²) in [6.45, 7) is 4.50. The number of anilines is 1. The van der Waals surface area contributed by atoms with Crippen molar-refractivity contribution in [1.82, 2.24) is 0 Å². The molecule has 0 saturated heterocycles. The van der Waals surface area contributed by atoms with Gasteiger partial charge in [-0.2, -0.15) is 0 Å². The summed E-state index contributed by atoms with van der Waals surface area (Å²) in [5, 5.41) is 3.68. The van der Waals surface area contributed by atoms with Crippen LogP contribution in [0.15, 0.2) is 24.3 Å². The Kier molecular flexibility index (Phi) is 3.87. The summed E-state index contributed by atoms with van der Waals surface area (Å²) in [4.78, 5) is 0. The fraction of sp³-hybridized carbons (Fsp3) is 0.600. The Morgan fingerprint density at radius 1 is 1.12 bits per heavy atom. The van der Waals surface area contributed by atoms with E-state index >= 15 is 0 Å². The van der Waals surface area contributed by atoms with Crippen LogP contribution in [0, 0.1) is 0 Å². The fourth-order valence-electron chi connectivity index (χ4n) is 2.47. The molecule has 1 saturated carbocycles. The van der Waals surface area contributed by atoms with Gasteiger partial charge in [0.25, 0.3) is 0 Å². The van der Waals surface area contributed by atoms with E-state index in [1.54, 1.807) is 0 Å². The zero-order chi connectivity index (χ0) is 11.4. The molecule has 0 unspecified atom stereocenters. The third kappa shape index (κ3) is 3.01. The minimum atomic E-state index is 0.619. The zero-order valence-corrected chi connectivity index (χ0v) is 10.5. The maximum Gasteiger partial charge on any atom is 0.0345 e. The molecular weight excluding hydrogens is 194 g/mol. The fourth-order valence-corrected chi connectivity index (χ4v) is 2.47. The molecule has 1 aromatic carbocycles. The van der Waals surface area contributed by atoms with Gasteiger partial charge < -0.3 is 5.32 Å². The van der Waals surface area contributed by atoms with E-state index in [0.717, 1.165) is 0 Å². The van der Waals surface area contributed by atoms with E-state index in [0.29, 0.717) is 12.0 Å². The molecule has 1 aliphatic rings. The maximum absolute atomic E-state index is 3.68. The molecule has 0 bridgehead atoms. The molecule has 88 valence electrons. The molecule has 0 aliphatic heterocycles. The largest absolute Gasteiger partial charge is 0.382 e. The monoisotopic (exact) mass is 217 g/mol. The van der Waals surface area contributed by atoms with Crippen molar-refractivity contribution in [2.24, 2.45) is 0 Å². The van der Waals surface area contributed by atoms with Crippen LogP contribution < -0.4 is 5.32 Å². The van der Waals surface area contributed by atoms with Gasteiger partial charge in [0, 0.05) is 11.7 Å². The summed E-state index contributed by atoms with van der Waals surface area (Å²) in [6, 6.07) is 9.59. The van der Waals surface area contributed by atoms with Crippen LogP contribution in [0.5, 0.6) is 0 Å². The topological polar surface area (TPSA) is 12.0 Å². The van der Waals surface area contributed by atoms with Gasteiger partial charge in [0.2, 0.25) is 0 Å². The van der Waals surface area contributed by atoms with Crippen molar-refractivity contribution in [2.75, 3.05) is 5.32 Å². The highest BCUT2D eigenvalue weighted by Crippen LogP contribution is 2.23. The summed E-state index contributed by atoms with van der Waals surface area (Å²) in [7, 11) is 0. The van der Waals surface area contributed by atoms with Crippen LogP contribution in [-0.4, -0.2) is 6.04 Å². The standard InChI is InChI=1S/C15H23N/c1-12(2)13-7-6-10-15(11-13)16-14-8-4-3-5-9-14/h6-7,10-12,14,16H,3-5,8-9H2,1-2H3. The Bertz CT molecular complexity index is 324. The number of hydrogen-bond donors (Lipinski definition) is 1. The Morgan fingerprint density at radius 3 is 2.56 bits per heavy atom. The van der Waals surface area contributed by atoms with E-state index in [1.807, 2.05) is 0 Å². The first-order valence-corrected chi connectivity index (χ1v) is 6.62. The van der Waals surface area contributed by atoms with Crippen molar-refractivity contribution >= 4 is 5.69 Å². The van der Waals surface area contributed by atoms with Crippen molar-refractivity contribution in [2.45, 2.75) is 57.9 Å². The first-order valence-electron chi connectivity index (χ1n) is 6.62. The molecule has 0 aromatic heterocycles. The van der Waals surface area contributed by atoms with Crippen LogP contribution in [0.1, 0.15) is 57.4 Å². The van der Waals surface area contributed by atoms with E-state index < -0.39 is 0 Å². The van der Waals surface area contributed by atoms with Gasteiger partial charge >= 0.3 is 0 Å². The minimum Gasteiger partial charge on any atom is -0.382 e. The zero-order valence-electron chi connectivity index (χ0n) is 10.5. The number of rotatable bonds is 3. The molecule has 1 aromatic rings. The molecule has 0 atom stereocenters. The molecular formula is C15H23N. The van der Waals surface area contributed by atoms with Gasteiger partial charge in [-0.3, -0.25) is 0 Å². The van der Waals surface area contributed by atoms with Crippen molar-refractivity contribution < 1.29 is 0 Å². The van der Waals surface area contributed by atoms with Crippen molar-refractivity contribution in [3.05, 3.63) is 29.8 Å². The van der Waals surface area contributed by atoms with E-state index in [1.165, 1.54) is 43.4 Å². The lowest BCUT2D eigenvalue weighted by Crippen LogP contribution is -2.22. The molecule has 1 nitrogen and oxygen atoms in total. The van der Waals surface area contributed by atoms with Gasteiger partial charge in [0.15, 0.2) is 0 Å². The third-order valence-electron chi connectivity index (χ3n) is 3.53. The smallest absolute Gasteiger partial charge is 0.0345 e. The summed E-state index contributed by atoms with van der Waals surface area (Å²) < 4.78 is 0. The quantitative estimate of drug-likeness (QED) is 0.783. The molecule has 0 radical (unpaired) electrons. The first kappa shape index (κ1) is 11.5. The van der Waals surface area contributed by atoms with E-state index in [4.69, 9.17) is 0 Å². The summed E-state index contributed by atoms with van der Waals surface area (Å²) in [5.74, 6) is 0.619. The van der Waals surface area contributed by atoms with Crippen molar-refractivity contribution in [1.29, 1.82) is 0 Å². The van der Waals surface area contributed by atoms with Crippen LogP contribution in [-0.2, 0) is 0 Å². The summed E-state index contributed by atoms with van der Waals surface area (Å²) in [5.41, 5.74) is 2.74. The predicted molar refractivity (Wildman–Crippen MR) is 71.0 cm³/mol. The van der Waals surface area contributed by atoms with Gasteiger partial charge in [0.1, 0.15) is 0 Å². The molecule has 1 aliphatic carbocycles. The Morgan fingerprint density at radius 2 is 1.88 bits per heavy atom. The van der Waals surface area contributed by atoms with Gasteiger partial charge in [-0.15, -0.1) is 0 Å².